The molecule has 3 heterocycles. The minimum atomic E-state index is -0.654. The minimum absolute atomic E-state index is 0.312. The molecule has 3 aromatic rings. The summed E-state index contributed by atoms with van der Waals surface area (Å²) in [5.74, 6) is -0.0297. The fourth-order valence-electron chi connectivity index (χ4n) is 3.95. The van der Waals surface area contributed by atoms with Crippen LogP contribution in [0.25, 0.3) is 11.2 Å². The standard InChI is InChI=1S/C20H23N5O4/c1-12-8-13(2)10-14(9-12)23-6-5-7-24-16-17(21-19(23)24)22(3)20(28)25(18(16)27)11-15(26)29-4/h8-10H,5-7,11H2,1-4H3. The van der Waals surface area contributed by atoms with E-state index in [1.165, 1.54) is 11.7 Å². The van der Waals surface area contributed by atoms with Gasteiger partial charge in [0.25, 0.3) is 5.56 Å². The van der Waals surface area contributed by atoms with Crippen molar-refractivity contribution in [1.29, 1.82) is 0 Å². The zero-order valence-corrected chi connectivity index (χ0v) is 16.9. The molecule has 9 nitrogen and oxygen atoms in total. The van der Waals surface area contributed by atoms with Gasteiger partial charge in [-0.2, -0.15) is 4.98 Å². The van der Waals surface area contributed by atoms with Crippen LogP contribution in [0.3, 0.4) is 0 Å². The van der Waals surface area contributed by atoms with Crippen LogP contribution in [0.4, 0.5) is 11.6 Å². The number of ether oxygens (including phenoxy) is 1. The lowest BCUT2D eigenvalue weighted by Crippen LogP contribution is -2.41. The van der Waals surface area contributed by atoms with Crippen LogP contribution in [0.15, 0.2) is 27.8 Å². The van der Waals surface area contributed by atoms with E-state index >= 15 is 0 Å². The van der Waals surface area contributed by atoms with Gasteiger partial charge in [-0.15, -0.1) is 0 Å². The maximum Gasteiger partial charge on any atom is 0.333 e. The summed E-state index contributed by atoms with van der Waals surface area (Å²) in [7, 11) is 2.77. The summed E-state index contributed by atoms with van der Waals surface area (Å²) in [5, 5.41) is 0. The van der Waals surface area contributed by atoms with Gasteiger partial charge in [-0.1, -0.05) is 6.07 Å². The minimum Gasteiger partial charge on any atom is -0.468 e. The van der Waals surface area contributed by atoms with E-state index in [0.29, 0.717) is 23.7 Å². The van der Waals surface area contributed by atoms with E-state index in [1.54, 1.807) is 7.05 Å². The molecule has 1 aliphatic rings. The summed E-state index contributed by atoms with van der Waals surface area (Å²) in [6.07, 6.45) is 0.824. The van der Waals surface area contributed by atoms with Crippen LogP contribution in [0, 0.1) is 13.8 Å². The van der Waals surface area contributed by atoms with E-state index in [2.05, 4.69) is 32.8 Å². The van der Waals surface area contributed by atoms with E-state index in [4.69, 9.17) is 0 Å². The summed E-state index contributed by atoms with van der Waals surface area (Å²) in [4.78, 5) is 44.2. The van der Waals surface area contributed by atoms with Crippen LogP contribution in [-0.4, -0.2) is 38.3 Å². The Morgan fingerprint density at radius 1 is 1.14 bits per heavy atom. The molecule has 0 unspecified atom stereocenters. The molecule has 0 amide bonds. The van der Waals surface area contributed by atoms with Gasteiger partial charge in [0.1, 0.15) is 6.54 Å². The van der Waals surface area contributed by atoms with Crippen LogP contribution >= 0.6 is 0 Å². The first-order valence-electron chi connectivity index (χ1n) is 9.44. The summed E-state index contributed by atoms with van der Waals surface area (Å²) in [6.45, 7) is 5.02. The molecule has 0 atom stereocenters. The number of imidazole rings is 1. The molecule has 152 valence electrons. The van der Waals surface area contributed by atoms with Crippen molar-refractivity contribution in [3.8, 4) is 0 Å². The van der Waals surface area contributed by atoms with Gasteiger partial charge in [0.05, 0.1) is 7.11 Å². The summed E-state index contributed by atoms with van der Waals surface area (Å²) in [6, 6.07) is 6.26. The van der Waals surface area contributed by atoms with Crippen molar-refractivity contribution < 1.29 is 9.53 Å². The number of esters is 1. The molecule has 0 aliphatic carbocycles. The number of carbonyl (C=O) groups is 1. The monoisotopic (exact) mass is 397 g/mol. The summed E-state index contributed by atoms with van der Waals surface area (Å²) >= 11 is 0. The Labute approximate surface area is 166 Å². The third kappa shape index (κ3) is 3.02. The molecule has 1 aliphatic heterocycles. The molecule has 0 saturated heterocycles. The van der Waals surface area contributed by atoms with Crippen LogP contribution in [0.5, 0.6) is 0 Å². The average Bonchev–Trinajstić information content (AvgIpc) is 3.08. The van der Waals surface area contributed by atoms with Gasteiger partial charge in [0.2, 0.25) is 5.95 Å². The number of fused-ring (bicyclic) bond motifs is 3. The van der Waals surface area contributed by atoms with Crippen molar-refractivity contribution in [2.75, 3.05) is 18.6 Å². The quantitative estimate of drug-likeness (QED) is 0.618. The second-order valence-corrected chi connectivity index (χ2v) is 7.40. The molecule has 4 rings (SSSR count). The predicted octanol–water partition coefficient (Wildman–Crippen LogP) is 1.23. The lowest BCUT2D eigenvalue weighted by molar-refractivity contribution is -0.141. The highest BCUT2D eigenvalue weighted by Gasteiger charge is 2.27. The predicted molar refractivity (Wildman–Crippen MR) is 109 cm³/mol. The number of benzene rings is 1. The average molecular weight is 397 g/mol. The van der Waals surface area contributed by atoms with Crippen molar-refractivity contribution in [2.24, 2.45) is 7.05 Å². The van der Waals surface area contributed by atoms with Crippen molar-refractivity contribution in [1.82, 2.24) is 18.7 Å². The summed E-state index contributed by atoms with van der Waals surface area (Å²) in [5.41, 5.74) is 2.78. The highest BCUT2D eigenvalue weighted by Crippen LogP contribution is 2.31. The van der Waals surface area contributed by atoms with Gasteiger partial charge in [-0.25, -0.2) is 9.36 Å². The number of rotatable bonds is 3. The van der Waals surface area contributed by atoms with E-state index < -0.39 is 23.8 Å². The Bertz CT molecular complexity index is 1230. The smallest absolute Gasteiger partial charge is 0.333 e. The number of aryl methyl sites for hydroxylation is 4. The van der Waals surface area contributed by atoms with E-state index in [-0.39, 0.29) is 0 Å². The van der Waals surface area contributed by atoms with Crippen LogP contribution in [0.2, 0.25) is 0 Å². The number of nitrogens with zero attached hydrogens (tertiary/aromatic N) is 5. The number of methoxy groups -OCH3 is 1. The Morgan fingerprint density at radius 2 is 1.83 bits per heavy atom. The molecule has 0 radical (unpaired) electrons. The fourth-order valence-corrected chi connectivity index (χ4v) is 3.95. The second-order valence-electron chi connectivity index (χ2n) is 7.40. The Hall–Kier alpha value is -3.36. The molecule has 0 saturated carbocycles. The number of hydrogen-bond donors (Lipinski definition) is 0. The lowest BCUT2D eigenvalue weighted by Gasteiger charge is -2.29. The molecule has 2 aromatic heterocycles. The van der Waals surface area contributed by atoms with Crippen molar-refractivity contribution >= 4 is 28.8 Å². The van der Waals surface area contributed by atoms with Gasteiger partial charge < -0.3 is 14.2 Å². The SMILES string of the molecule is COC(=O)Cn1c(=O)c2c(nc3n2CCCN3c2cc(C)cc(C)c2)n(C)c1=O. The van der Waals surface area contributed by atoms with Crippen LogP contribution in [-0.2, 0) is 29.7 Å². The second kappa shape index (κ2) is 6.91. The lowest BCUT2D eigenvalue weighted by atomic mass is 10.1. The number of anilines is 2. The van der Waals surface area contributed by atoms with Crippen molar-refractivity contribution in [3.63, 3.8) is 0 Å². The van der Waals surface area contributed by atoms with Gasteiger partial charge in [0.15, 0.2) is 11.2 Å². The third-order valence-corrected chi connectivity index (χ3v) is 5.25. The normalized spacial score (nSPS) is 13.6. The Morgan fingerprint density at radius 3 is 2.48 bits per heavy atom. The highest BCUT2D eigenvalue weighted by atomic mass is 16.5. The first kappa shape index (κ1) is 19.0. The molecule has 0 N–H and O–H groups in total. The Kier molecular flexibility index (Phi) is 4.52. The van der Waals surface area contributed by atoms with Gasteiger partial charge in [0, 0.05) is 25.8 Å². The molecule has 0 fully saturated rings. The molecule has 0 bridgehead atoms. The number of aromatic nitrogens is 4. The zero-order chi connectivity index (χ0) is 20.9. The number of carbonyl (C=O) groups excluding carboxylic acids is 1. The van der Waals surface area contributed by atoms with Gasteiger partial charge in [-0.3, -0.25) is 14.2 Å². The van der Waals surface area contributed by atoms with Crippen molar-refractivity contribution in [2.45, 2.75) is 33.4 Å². The molecule has 0 spiro atoms. The largest absolute Gasteiger partial charge is 0.468 e. The third-order valence-electron chi connectivity index (χ3n) is 5.25. The van der Waals surface area contributed by atoms with E-state index in [9.17, 15) is 14.4 Å². The van der Waals surface area contributed by atoms with Gasteiger partial charge in [-0.05, 0) is 43.5 Å². The zero-order valence-electron chi connectivity index (χ0n) is 16.9. The van der Waals surface area contributed by atoms with E-state index in [0.717, 1.165) is 34.3 Å². The van der Waals surface area contributed by atoms with Gasteiger partial charge >= 0.3 is 11.7 Å². The van der Waals surface area contributed by atoms with E-state index in [1.807, 2.05) is 18.4 Å². The first-order valence-corrected chi connectivity index (χ1v) is 9.44. The van der Waals surface area contributed by atoms with Crippen molar-refractivity contribution in [3.05, 3.63) is 50.2 Å². The Balaban J connectivity index is 1.96. The topological polar surface area (TPSA) is 91.4 Å². The van der Waals surface area contributed by atoms with Crippen LogP contribution < -0.4 is 16.1 Å². The number of hydrogen-bond acceptors (Lipinski definition) is 6. The highest BCUT2D eigenvalue weighted by molar-refractivity contribution is 5.77. The summed E-state index contributed by atoms with van der Waals surface area (Å²) < 4.78 is 8.68. The maximum absolute atomic E-state index is 13.1. The molecule has 9 heteroatoms. The first-order chi connectivity index (χ1) is 13.8. The maximum atomic E-state index is 13.1. The van der Waals surface area contributed by atoms with Crippen LogP contribution in [0.1, 0.15) is 17.5 Å². The molecular formula is C20H23N5O4. The molecule has 29 heavy (non-hydrogen) atoms. The fraction of sp³-hybridized carbons (Fsp3) is 0.400. The molecular weight excluding hydrogens is 374 g/mol. The molecule has 1 aromatic carbocycles.